The Balaban J connectivity index is 1.78. The number of aryl methyl sites for hydroxylation is 1. The van der Waals surface area contributed by atoms with E-state index in [1.54, 1.807) is 7.11 Å². The van der Waals surface area contributed by atoms with Crippen molar-refractivity contribution in [3.8, 4) is 5.75 Å². The lowest BCUT2D eigenvalue weighted by Gasteiger charge is -2.17. The molecule has 0 atom stereocenters. The summed E-state index contributed by atoms with van der Waals surface area (Å²) in [6, 6.07) is 10.2. The molecule has 5 nitrogen and oxygen atoms in total. The topological polar surface area (TPSA) is 43.2 Å². The summed E-state index contributed by atoms with van der Waals surface area (Å²) in [5.41, 5.74) is 1.94. The summed E-state index contributed by atoms with van der Waals surface area (Å²) in [5, 5.41) is 1.09. The Morgan fingerprint density at radius 1 is 1.17 bits per heavy atom. The minimum atomic E-state index is 0.768. The number of hydrogen-bond donors (Lipinski definition) is 0. The van der Waals surface area contributed by atoms with Crippen molar-refractivity contribution < 1.29 is 4.74 Å². The molecule has 0 radical (unpaired) electrons. The van der Waals surface area contributed by atoms with Crippen molar-refractivity contribution in [2.24, 2.45) is 0 Å². The fraction of sp³-hybridized carbons (Fsp3) is 0.333. The second-order valence-electron chi connectivity index (χ2n) is 5.64. The molecular weight excluding hydrogens is 288 g/mol. The third-order valence-electron chi connectivity index (χ3n) is 3.95. The number of pyridine rings is 1. The minimum absolute atomic E-state index is 0.768. The first-order chi connectivity index (χ1) is 11.2. The van der Waals surface area contributed by atoms with Crippen molar-refractivity contribution >= 4 is 10.9 Å². The number of fused-ring (bicyclic) bond motifs is 1. The van der Waals surface area contributed by atoms with Gasteiger partial charge in [-0.05, 0) is 26.1 Å². The summed E-state index contributed by atoms with van der Waals surface area (Å²) in [5.74, 6) is 1.89. The largest absolute Gasteiger partial charge is 0.494 e. The number of methoxy groups -OCH3 is 1. The van der Waals surface area contributed by atoms with E-state index in [9.17, 15) is 0 Å². The van der Waals surface area contributed by atoms with Gasteiger partial charge in [0, 0.05) is 30.9 Å². The average Bonchev–Trinajstić information content (AvgIpc) is 3.01. The first kappa shape index (κ1) is 15.5. The normalized spacial score (nSPS) is 11.3. The Labute approximate surface area is 136 Å². The molecule has 2 heterocycles. The van der Waals surface area contributed by atoms with Crippen LogP contribution in [0.4, 0.5) is 0 Å². The number of ether oxygens (including phenoxy) is 1. The number of rotatable bonds is 6. The summed E-state index contributed by atoms with van der Waals surface area (Å²) in [6.45, 7) is 4.63. The van der Waals surface area contributed by atoms with E-state index in [0.29, 0.717) is 0 Å². The Morgan fingerprint density at radius 2 is 2.04 bits per heavy atom. The van der Waals surface area contributed by atoms with Gasteiger partial charge in [-0.15, -0.1) is 0 Å². The van der Waals surface area contributed by atoms with Crippen molar-refractivity contribution in [2.45, 2.75) is 26.6 Å². The maximum atomic E-state index is 5.41. The van der Waals surface area contributed by atoms with Gasteiger partial charge in [0.05, 0.1) is 19.3 Å². The van der Waals surface area contributed by atoms with Crippen LogP contribution in [0.2, 0.25) is 0 Å². The van der Waals surface area contributed by atoms with Crippen molar-refractivity contribution in [3.63, 3.8) is 0 Å². The van der Waals surface area contributed by atoms with Gasteiger partial charge in [-0.25, -0.2) is 9.97 Å². The predicted molar refractivity (Wildman–Crippen MR) is 91.4 cm³/mol. The molecule has 2 aromatic heterocycles. The van der Waals surface area contributed by atoms with Crippen LogP contribution in [0.3, 0.4) is 0 Å². The van der Waals surface area contributed by atoms with Gasteiger partial charge in [0.25, 0.3) is 0 Å². The van der Waals surface area contributed by atoms with Gasteiger partial charge in [0.15, 0.2) is 0 Å². The third kappa shape index (κ3) is 3.35. The number of hydrogen-bond acceptors (Lipinski definition) is 4. The molecule has 0 bridgehead atoms. The van der Waals surface area contributed by atoms with Crippen LogP contribution in [0, 0.1) is 0 Å². The van der Waals surface area contributed by atoms with Crippen molar-refractivity contribution in [1.82, 2.24) is 19.4 Å². The molecule has 0 unspecified atom stereocenters. The molecule has 0 saturated carbocycles. The molecule has 0 aliphatic carbocycles. The number of aromatic nitrogens is 3. The van der Waals surface area contributed by atoms with Gasteiger partial charge in [-0.3, -0.25) is 4.90 Å². The van der Waals surface area contributed by atoms with Gasteiger partial charge < -0.3 is 9.30 Å². The minimum Gasteiger partial charge on any atom is -0.494 e. The number of para-hydroxylation sites is 1. The number of benzene rings is 1. The molecule has 0 aliphatic heterocycles. The predicted octanol–water partition coefficient (Wildman–Crippen LogP) is 3.09. The van der Waals surface area contributed by atoms with Crippen LogP contribution in [-0.4, -0.2) is 33.6 Å². The molecule has 3 rings (SSSR count). The highest BCUT2D eigenvalue weighted by Crippen LogP contribution is 2.23. The number of nitrogens with zero attached hydrogens (tertiary/aromatic N) is 4. The quantitative estimate of drug-likeness (QED) is 0.702. The Kier molecular flexibility index (Phi) is 4.57. The molecule has 120 valence electrons. The standard InChI is InChI=1S/C18H22N4O/c1-4-22-11-10-19-17(22)13-21(2)12-15-9-8-14-6-5-7-16(23-3)18(14)20-15/h5-11H,4,12-13H2,1-3H3. The highest BCUT2D eigenvalue weighted by atomic mass is 16.5. The van der Waals surface area contributed by atoms with Gasteiger partial charge in [-0.1, -0.05) is 18.2 Å². The molecule has 3 aromatic rings. The lowest BCUT2D eigenvalue weighted by Crippen LogP contribution is -2.20. The highest BCUT2D eigenvalue weighted by molar-refractivity contribution is 5.84. The van der Waals surface area contributed by atoms with Crippen LogP contribution >= 0.6 is 0 Å². The maximum Gasteiger partial charge on any atom is 0.145 e. The molecule has 0 amide bonds. The molecular formula is C18H22N4O. The van der Waals surface area contributed by atoms with Crippen LogP contribution in [0.5, 0.6) is 5.75 Å². The van der Waals surface area contributed by atoms with Crippen LogP contribution in [0.25, 0.3) is 10.9 Å². The zero-order chi connectivity index (χ0) is 16.2. The summed E-state index contributed by atoms with van der Waals surface area (Å²) >= 11 is 0. The SMILES string of the molecule is CCn1ccnc1CN(C)Cc1ccc2cccc(OC)c2n1. The van der Waals surface area contributed by atoms with E-state index in [1.807, 2.05) is 24.5 Å². The molecule has 0 N–H and O–H groups in total. The lowest BCUT2D eigenvalue weighted by atomic mass is 10.2. The second kappa shape index (κ2) is 6.79. The van der Waals surface area contributed by atoms with E-state index in [1.165, 1.54) is 0 Å². The second-order valence-corrected chi connectivity index (χ2v) is 5.64. The molecule has 5 heteroatoms. The summed E-state index contributed by atoms with van der Waals surface area (Å²) < 4.78 is 7.57. The molecule has 0 aliphatic rings. The summed E-state index contributed by atoms with van der Waals surface area (Å²) in [6.07, 6.45) is 3.87. The van der Waals surface area contributed by atoms with Gasteiger partial charge in [0.2, 0.25) is 0 Å². The zero-order valence-corrected chi connectivity index (χ0v) is 13.9. The first-order valence-corrected chi connectivity index (χ1v) is 7.82. The molecule has 0 spiro atoms. The van der Waals surface area contributed by atoms with Crippen molar-refractivity contribution in [1.29, 1.82) is 0 Å². The summed E-state index contributed by atoms with van der Waals surface area (Å²) in [4.78, 5) is 11.4. The van der Waals surface area contributed by atoms with Gasteiger partial charge >= 0.3 is 0 Å². The van der Waals surface area contributed by atoms with Gasteiger partial charge in [0.1, 0.15) is 17.1 Å². The van der Waals surface area contributed by atoms with Crippen LogP contribution in [-0.2, 0) is 19.6 Å². The molecule has 1 aromatic carbocycles. The monoisotopic (exact) mass is 310 g/mol. The van der Waals surface area contributed by atoms with Crippen LogP contribution < -0.4 is 4.74 Å². The maximum absolute atomic E-state index is 5.41. The molecule has 23 heavy (non-hydrogen) atoms. The van der Waals surface area contributed by atoms with Crippen molar-refractivity contribution in [2.75, 3.05) is 14.2 Å². The van der Waals surface area contributed by atoms with E-state index in [2.05, 4.69) is 46.6 Å². The Bertz CT molecular complexity index is 797. The molecule has 0 saturated heterocycles. The zero-order valence-electron chi connectivity index (χ0n) is 13.9. The fourth-order valence-corrected chi connectivity index (χ4v) is 2.77. The highest BCUT2D eigenvalue weighted by Gasteiger charge is 2.09. The first-order valence-electron chi connectivity index (χ1n) is 7.82. The van der Waals surface area contributed by atoms with Crippen molar-refractivity contribution in [3.05, 3.63) is 54.2 Å². The van der Waals surface area contributed by atoms with E-state index >= 15 is 0 Å². The fourth-order valence-electron chi connectivity index (χ4n) is 2.77. The van der Waals surface area contributed by atoms with E-state index in [0.717, 1.165) is 47.8 Å². The lowest BCUT2D eigenvalue weighted by molar-refractivity contribution is 0.302. The average molecular weight is 310 g/mol. The van der Waals surface area contributed by atoms with E-state index in [4.69, 9.17) is 9.72 Å². The van der Waals surface area contributed by atoms with E-state index < -0.39 is 0 Å². The van der Waals surface area contributed by atoms with E-state index in [-0.39, 0.29) is 0 Å². The van der Waals surface area contributed by atoms with Crippen LogP contribution in [0.15, 0.2) is 42.7 Å². The van der Waals surface area contributed by atoms with Gasteiger partial charge in [-0.2, -0.15) is 0 Å². The summed E-state index contributed by atoms with van der Waals surface area (Å²) in [7, 11) is 3.77. The smallest absolute Gasteiger partial charge is 0.145 e. The number of imidazole rings is 1. The Hall–Kier alpha value is -2.40. The Morgan fingerprint density at radius 3 is 2.83 bits per heavy atom. The molecule has 0 fully saturated rings. The van der Waals surface area contributed by atoms with Crippen LogP contribution in [0.1, 0.15) is 18.4 Å². The third-order valence-corrected chi connectivity index (χ3v) is 3.95.